The highest BCUT2D eigenvalue weighted by Crippen LogP contribution is 2.16. The molecule has 0 spiro atoms. The van der Waals surface area contributed by atoms with Crippen molar-refractivity contribution in [2.75, 3.05) is 13.7 Å². The molecule has 0 aromatic carbocycles. The van der Waals surface area contributed by atoms with Crippen LogP contribution < -0.4 is 0 Å². The van der Waals surface area contributed by atoms with Crippen LogP contribution in [0.15, 0.2) is 17.5 Å². The molecule has 0 aliphatic carbocycles. The predicted molar refractivity (Wildman–Crippen MR) is 59.3 cm³/mol. The molecule has 4 heteroatoms. The molecule has 1 atom stereocenters. The van der Waals surface area contributed by atoms with E-state index in [0.29, 0.717) is 17.9 Å². The fourth-order valence-electron chi connectivity index (χ4n) is 1.20. The van der Waals surface area contributed by atoms with E-state index in [1.165, 1.54) is 11.3 Å². The Bertz CT molecular complexity index is 330. The minimum Gasteiger partial charge on any atom is -0.384 e. The minimum absolute atomic E-state index is 0.0600. The lowest BCUT2D eigenvalue weighted by Crippen LogP contribution is -2.21. The van der Waals surface area contributed by atoms with Crippen molar-refractivity contribution in [1.29, 1.82) is 0 Å². The van der Waals surface area contributed by atoms with E-state index in [1.54, 1.807) is 20.1 Å². The Morgan fingerprint density at radius 3 is 2.80 bits per heavy atom. The van der Waals surface area contributed by atoms with Crippen LogP contribution in [-0.4, -0.2) is 25.3 Å². The Labute approximate surface area is 93.1 Å². The van der Waals surface area contributed by atoms with Gasteiger partial charge >= 0.3 is 0 Å². The molecule has 0 N–H and O–H groups in total. The van der Waals surface area contributed by atoms with E-state index < -0.39 is 5.92 Å². The van der Waals surface area contributed by atoms with E-state index in [4.69, 9.17) is 4.74 Å². The topological polar surface area (TPSA) is 43.4 Å². The second-order valence-electron chi connectivity index (χ2n) is 3.27. The molecular formula is C11H14O3S. The third kappa shape index (κ3) is 3.25. The van der Waals surface area contributed by atoms with Crippen molar-refractivity contribution in [2.24, 2.45) is 5.92 Å². The molecule has 1 heterocycles. The third-order valence-corrected chi connectivity index (χ3v) is 3.08. The van der Waals surface area contributed by atoms with Gasteiger partial charge < -0.3 is 4.74 Å². The van der Waals surface area contributed by atoms with Gasteiger partial charge in [-0.3, -0.25) is 9.59 Å². The van der Waals surface area contributed by atoms with Crippen molar-refractivity contribution in [3.63, 3.8) is 0 Å². The van der Waals surface area contributed by atoms with Crippen LogP contribution in [0, 0.1) is 5.92 Å². The Morgan fingerprint density at radius 1 is 1.53 bits per heavy atom. The Hall–Kier alpha value is -1.000. The highest BCUT2D eigenvalue weighted by molar-refractivity contribution is 7.12. The van der Waals surface area contributed by atoms with Gasteiger partial charge in [-0.25, -0.2) is 0 Å². The first kappa shape index (κ1) is 12.1. The first-order chi connectivity index (χ1) is 7.16. The largest absolute Gasteiger partial charge is 0.384 e. The molecule has 0 radical (unpaired) electrons. The zero-order chi connectivity index (χ0) is 11.3. The van der Waals surface area contributed by atoms with Gasteiger partial charge in [0.05, 0.1) is 17.4 Å². The standard InChI is InChI=1S/C11H14O3S/c1-8(9(12)5-6-14-2)11(13)10-4-3-7-15-10/h3-4,7-8H,5-6H2,1-2H3. The summed E-state index contributed by atoms with van der Waals surface area (Å²) in [6.07, 6.45) is 0.300. The summed E-state index contributed by atoms with van der Waals surface area (Å²) >= 11 is 1.37. The van der Waals surface area contributed by atoms with Gasteiger partial charge in [-0.15, -0.1) is 11.3 Å². The zero-order valence-electron chi connectivity index (χ0n) is 8.86. The van der Waals surface area contributed by atoms with E-state index in [2.05, 4.69) is 0 Å². The summed E-state index contributed by atoms with van der Waals surface area (Å²) in [6, 6.07) is 3.55. The number of carbonyl (C=O) groups is 2. The van der Waals surface area contributed by atoms with Crippen molar-refractivity contribution in [2.45, 2.75) is 13.3 Å². The maximum atomic E-state index is 11.8. The van der Waals surface area contributed by atoms with Gasteiger partial charge in [-0.2, -0.15) is 0 Å². The van der Waals surface area contributed by atoms with Crippen LogP contribution >= 0.6 is 11.3 Å². The van der Waals surface area contributed by atoms with E-state index >= 15 is 0 Å². The van der Waals surface area contributed by atoms with E-state index in [0.717, 1.165) is 0 Å². The summed E-state index contributed by atoms with van der Waals surface area (Å²) in [5.41, 5.74) is 0. The molecule has 1 rings (SSSR count). The molecule has 82 valence electrons. The summed E-state index contributed by atoms with van der Waals surface area (Å²) in [4.78, 5) is 23.9. The normalized spacial score (nSPS) is 12.4. The molecule has 3 nitrogen and oxygen atoms in total. The highest BCUT2D eigenvalue weighted by Gasteiger charge is 2.22. The number of rotatable bonds is 6. The Kier molecular flexibility index (Phi) is 4.65. The molecule has 0 amide bonds. The molecule has 0 aliphatic rings. The van der Waals surface area contributed by atoms with Crippen molar-refractivity contribution in [3.8, 4) is 0 Å². The highest BCUT2D eigenvalue weighted by atomic mass is 32.1. The Balaban J connectivity index is 2.57. The second-order valence-corrected chi connectivity index (χ2v) is 4.22. The summed E-state index contributed by atoms with van der Waals surface area (Å²) < 4.78 is 4.80. The van der Waals surface area contributed by atoms with Gasteiger partial charge in [0.25, 0.3) is 0 Å². The molecule has 0 saturated heterocycles. The van der Waals surface area contributed by atoms with Gasteiger partial charge in [-0.05, 0) is 18.4 Å². The molecule has 0 aliphatic heterocycles. The molecule has 0 bridgehead atoms. The van der Waals surface area contributed by atoms with Crippen molar-refractivity contribution in [3.05, 3.63) is 22.4 Å². The van der Waals surface area contributed by atoms with Crippen LogP contribution in [0.5, 0.6) is 0 Å². The number of ether oxygens (including phenoxy) is 1. The van der Waals surface area contributed by atoms with Gasteiger partial charge in [0.2, 0.25) is 0 Å². The Morgan fingerprint density at radius 2 is 2.27 bits per heavy atom. The second kappa shape index (κ2) is 5.78. The number of ketones is 2. The summed E-state index contributed by atoms with van der Waals surface area (Å²) in [5.74, 6) is -0.708. The molecule has 0 fully saturated rings. The van der Waals surface area contributed by atoms with Gasteiger partial charge in [-0.1, -0.05) is 6.07 Å². The van der Waals surface area contributed by atoms with Crippen LogP contribution in [0.1, 0.15) is 23.0 Å². The van der Waals surface area contributed by atoms with Gasteiger partial charge in [0.15, 0.2) is 5.78 Å². The molecule has 1 aromatic rings. The van der Waals surface area contributed by atoms with E-state index in [9.17, 15) is 9.59 Å². The lowest BCUT2D eigenvalue weighted by Gasteiger charge is -2.07. The number of methoxy groups -OCH3 is 1. The number of hydrogen-bond donors (Lipinski definition) is 0. The SMILES string of the molecule is COCCC(=O)C(C)C(=O)c1cccs1. The number of hydrogen-bond acceptors (Lipinski definition) is 4. The fraction of sp³-hybridized carbons (Fsp3) is 0.455. The quantitative estimate of drug-likeness (QED) is 0.551. The predicted octanol–water partition coefficient (Wildman–Crippen LogP) is 2.17. The monoisotopic (exact) mass is 226 g/mol. The summed E-state index contributed by atoms with van der Waals surface area (Å²) in [7, 11) is 1.54. The maximum absolute atomic E-state index is 11.8. The molecule has 0 saturated carbocycles. The lowest BCUT2D eigenvalue weighted by molar-refractivity contribution is -0.121. The maximum Gasteiger partial charge on any atom is 0.182 e. The van der Waals surface area contributed by atoms with Crippen molar-refractivity contribution in [1.82, 2.24) is 0 Å². The van der Waals surface area contributed by atoms with Crippen molar-refractivity contribution < 1.29 is 14.3 Å². The van der Waals surface area contributed by atoms with Crippen LogP contribution in [0.25, 0.3) is 0 Å². The third-order valence-electron chi connectivity index (χ3n) is 2.19. The van der Waals surface area contributed by atoms with Crippen molar-refractivity contribution >= 4 is 22.9 Å². The summed E-state index contributed by atoms with van der Waals surface area (Å²) in [5, 5.41) is 1.83. The summed E-state index contributed by atoms with van der Waals surface area (Å²) in [6.45, 7) is 2.03. The van der Waals surface area contributed by atoms with E-state index in [-0.39, 0.29) is 11.6 Å². The van der Waals surface area contributed by atoms with Gasteiger partial charge in [0, 0.05) is 13.5 Å². The van der Waals surface area contributed by atoms with Crippen LogP contribution in [0.2, 0.25) is 0 Å². The minimum atomic E-state index is -0.557. The molecule has 15 heavy (non-hydrogen) atoms. The lowest BCUT2D eigenvalue weighted by atomic mass is 9.98. The number of thiophene rings is 1. The van der Waals surface area contributed by atoms with Crippen LogP contribution in [0.3, 0.4) is 0 Å². The fourth-order valence-corrected chi connectivity index (χ4v) is 1.95. The van der Waals surface area contributed by atoms with Gasteiger partial charge in [0.1, 0.15) is 5.78 Å². The molecule has 1 aromatic heterocycles. The molecular weight excluding hydrogens is 212 g/mol. The van der Waals surface area contributed by atoms with Crippen LogP contribution in [0.4, 0.5) is 0 Å². The first-order valence-electron chi connectivity index (χ1n) is 4.76. The average Bonchev–Trinajstić information content (AvgIpc) is 2.77. The zero-order valence-corrected chi connectivity index (χ0v) is 9.67. The number of Topliss-reactive ketones (excluding diaryl/α,β-unsaturated/α-hetero) is 2. The van der Waals surface area contributed by atoms with E-state index in [1.807, 2.05) is 11.4 Å². The average molecular weight is 226 g/mol. The first-order valence-corrected chi connectivity index (χ1v) is 5.64. The van der Waals surface area contributed by atoms with Crippen LogP contribution in [-0.2, 0) is 9.53 Å². The molecule has 1 unspecified atom stereocenters. The smallest absolute Gasteiger partial charge is 0.182 e. The number of carbonyl (C=O) groups excluding carboxylic acids is 2.